The highest BCUT2D eigenvalue weighted by Crippen LogP contribution is 2.37. The molecule has 2 aromatic rings. The Kier molecular flexibility index (Phi) is 3.94. The Labute approximate surface area is 116 Å². The molecule has 0 unspecified atom stereocenters. The van der Waals surface area contributed by atoms with E-state index in [1.54, 1.807) is 0 Å². The summed E-state index contributed by atoms with van der Waals surface area (Å²) in [5.41, 5.74) is 12.3. The Morgan fingerprint density at radius 3 is 1.68 bits per heavy atom. The molecule has 1 heteroatoms. The van der Waals surface area contributed by atoms with Crippen LogP contribution in [0.4, 0.5) is 5.69 Å². The number of nitrogen functional groups attached to an aromatic ring is 1. The van der Waals surface area contributed by atoms with Crippen molar-refractivity contribution in [3.8, 4) is 11.1 Å². The average molecular weight is 253 g/mol. The molecule has 2 aromatic carbocycles. The van der Waals surface area contributed by atoms with Gasteiger partial charge in [-0.3, -0.25) is 0 Å². The fraction of sp³-hybridized carbons (Fsp3) is 0.333. The Morgan fingerprint density at radius 1 is 0.789 bits per heavy atom. The molecule has 0 atom stereocenters. The van der Waals surface area contributed by atoms with Gasteiger partial charge in [0.1, 0.15) is 0 Å². The Balaban J connectivity index is 2.75. The van der Waals surface area contributed by atoms with Crippen molar-refractivity contribution >= 4 is 5.69 Å². The minimum Gasteiger partial charge on any atom is -0.399 e. The molecule has 0 saturated carbocycles. The van der Waals surface area contributed by atoms with E-state index >= 15 is 0 Å². The third kappa shape index (κ3) is 2.81. The molecule has 100 valence electrons. The fourth-order valence-corrected chi connectivity index (χ4v) is 2.56. The highest BCUT2D eigenvalue weighted by molar-refractivity contribution is 5.75. The summed E-state index contributed by atoms with van der Waals surface area (Å²) in [4.78, 5) is 0. The quantitative estimate of drug-likeness (QED) is 0.749. The lowest BCUT2D eigenvalue weighted by Crippen LogP contribution is -2.02. The van der Waals surface area contributed by atoms with E-state index in [-0.39, 0.29) is 0 Å². The van der Waals surface area contributed by atoms with Crippen molar-refractivity contribution in [2.24, 2.45) is 0 Å². The third-order valence-electron chi connectivity index (χ3n) is 3.53. The topological polar surface area (TPSA) is 26.0 Å². The van der Waals surface area contributed by atoms with Gasteiger partial charge in [0.2, 0.25) is 0 Å². The van der Waals surface area contributed by atoms with Crippen molar-refractivity contribution < 1.29 is 0 Å². The maximum Gasteiger partial charge on any atom is 0.0320 e. The van der Waals surface area contributed by atoms with Crippen LogP contribution in [0.2, 0.25) is 0 Å². The molecule has 0 radical (unpaired) electrons. The molecule has 2 rings (SSSR count). The maximum atomic E-state index is 6.08. The number of benzene rings is 2. The lowest BCUT2D eigenvalue weighted by Gasteiger charge is -2.21. The average Bonchev–Trinajstić information content (AvgIpc) is 2.38. The van der Waals surface area contributed by atoms with E-state index < -0.39 is 0 Å². The van der Waals surface area contributed by atoms with Crippen molar-refractivity contribution in [1.29, 1.82) is 0 Å². The first-order valence-electron chi connectivity index (χ1n) is 6.99. The van der Waals surface area contributed by atoms with E-state index in [9.17, 15) is 0 Å². The molecule has 0 aliphatic heterocycles. The van der Waals surface area contributed by atoms with Crippen LogP contribution in [-0.4, -0.2) is 0 Å². The van der Waals surface area contributed by atoms with Crippen molar-refractivity contribution in [3.05, 3.63) is 53.6 Å². The molecule has 0 aliphatic rings. The van der Waals surface area contributed by atoms with E-state index in [1.165, 1.54) is 22.3 Å². The first-order valence-corrected chi connectivity index (χ1v) is 6.99. The van der Waals surface area contributed by atoms with Gasteiger partial charge in [0.15, 0.2) is 0 Å². The summed E-state index contributed by atoms with van der Waals surface area (Å²) >= 11 is 0. The minimum atomic E-state index is 0.469. The first-order chi connectivity index (χ1) is 9.00. The third-order valence-corrected chi connectivity index (χ3v) is 3.53. The van der Waals surface area contributed by atoms with Gasteiger partial charge in [0, 0.05) is 5.69 Å². The second kappa shape index (κ2) is 5.48. The lowest BCUT2D eigenvalue weighted by atomic mass is 9.84. The van der Waals surface area contributed by atoms with Crippen molar-refractivity contribution in [1.82, 2.24) is 0 Å². The molecule has 0 amide bonds. The van der Waals surface area contributed by atoms with Gasteiger partial charge in [-0.15, -0.1) is 0 Å². The number of nitrogens with two attached hydrogens (primary N) is 1. The predicted molar refractivity (Wildman–Crippen MR) is 84.5 cm³/mol. The Morgan fingerprint density at radius 2 is 1.26 bits per heavy atom. The predicted octanol–water partition coefficient (Wildman–Crippen LogP) is 5.18. The van der Waals surface area contributed by atoms with Gasteiger partial charge >= 0.3 is 0 Å². The molecule has 0 fully saturated rings. The number of hydrogen-bond acceptors (Lipinski definition) is 1. The van der Waals surface area contributed by atoms with Crippen molar-refractivity contribution in [2.45, 2.75) is 39.5 Å². The molecule has 0 saturated heterocycles. The number of rotatable bonds is 3. The molecule has 0 bridgehead atoms. The highest BCUT2D eigenvalue weighted by Gasteiger charge is 2.16. The van der Waals surface area contributed by atoms with Crippen LogP contribution >= 0.6 is 0 Å². The Hall–Kier alpha value is -1.76. The van der Waals surface area contributed by atoms with Crippen LogP contribution in [0.3, 0.4) is 0 Å². The molecule has 0 heterocycles. The SMILES string of the molecule is CC(C)c1cc(N)cc(C(C)C)c1-c1ccccc1. The second-order valence-electron chi connectivity index (χ2n) is 5.75. The van der Waals surface area contributed by atoms with Crippen LogP contribution in [-0.2, 0) is 0 Å². The molecular weight excluding hydrogens is 230 g/mol. The molecule has 19 heavy (non-hydrogen) atoms. The minimum absolute atomic E-state index is 0.469. The summed E-state index contributed by atoms with van der Waals surface area (Å²) in [7, 11) is 0. The summed E-state index contributed by atoms with van der Waals surface area (Å²) in [6, 6.07) is 14.9. The summed E-state index contributed by atoms with van der Waals surface area (Å²) in [5.74, 6) is 0.937. The van der Waals surface area contributed by atoms with Gasteiger partial charge in [-0.1, -0.05) is 58.0 Å². The van der Waals surface area contributed by atoms with E-state index in [4.69, 9.17) is 5.73 Å². The van der Waals surface area contributed by atoms with Crippen LogP contribution in [0.1, 0.15) is 50.7 Å². The van der Waals surface area contributed by atoms with Crippen LogP contribution in [0, 0.1) is 0 Å². The largest absolute Gasteiger partial charge is 0.399 e. The van der Waals surface area contributed by atoms with Crippen LogP contribution in [0.5, 0.6) is 0 Å². The summed E-state index contributed by atoms with van der Waals surface area (Å²) < 4.78 is 0. The molecule has 0 spiro atoms. The standard InChI is InChI=1S/C18H23N/c1-12(2)16-10-15(19)11-17(13(3)4)18(16)14-8-6-5-7-9-14/h5-13H,19H2,1-4H3. The van der Waals surface area contributed by atoms with Crippen LogP contribution < -0.4 is 5.73 Å². The van der Waals surface area contributed by atoms with Gasteiger partial charge in [0.25, 0.3) is 0 Å². The van der Waals surface area contributed by atoms with E-state index in [2.05, 4.69) is 70.2 Å². The highest BCUT2D eigenvalue weighted by atomic mass is 14.5. The molecule has 2 N–H and O–H groups in total. The smallest absolute Gasteiger partial charge is 0.0320 e. The van der Waals surface area contributed by atoms with Gasteiger partial charge in [0.05, 0.1) is 0 Å². The molecule has 0 aromatic heterocycles. The Bertz CT molecular complexity index is 524. The van der Waals surface area contributed by atoms with Gasteiger partial charge < -0.3 is 5.73 Å². The zero-order valence-electron chi connectivity index (χ0n) is 12.3. The van der Waals surface area contributed by atoms with Crippen molar-refractivity contribution in [3.63, 3.8) is 0 Å². The number of hydrogen-bond donors (Lipinski definition) is 1. The molecule has 0 aliphatic carbocycles. The van der Waals surface area contributed by atoms with E-state index in [0.717, 1.165) is 5.69 Å². The van der Waals surface area contributed by atoms with E-state index in [0.29, 0.717) is 11.8 Å². The summed E-state index contributed by atoms with van der Waals surface area (Å²) in [5, 5.41) is 0. The number of anilines is 1. The zero-order chi connectivity index (χ0) is 14.0. The monoisotopic (exact) mass is 253 g/mol. The van der Waals surface area contributed by atoms with Crippen LogP contribution in [0.25, 0.3) is 11.1 Å². The van der Waals surface area contributed by atoms with E-state index in [1.807, 2.05) is 0 Å². The molecule has 1 nitrogen and oxygen atoms in total. The first kappa shape index (κ1) is 13.7. The summed E-state index contributed by atoms with van der Waals surface area (Å²) in [6.07, 6.45) is 0. The fourth-order valence-electron chi connectivity index (χ4n) is 2.56. The lowest BCUT2D eigenvalue weighted by molar-refractivity contribution is 0.839. The van der Waals surface area contributed by atoms with Gasteiger partial charge in [-0.25, -0.2) is 0 Å². The van der Waals surface area contributed by atoms with Gasteiger partial charge in [-0.2, -0.15) is 0 Å². The second-order valence-corrected chi connectivity index (χ2v) is 5.75. The summed E-state index contributed by atoms with van der Waals surface area (Å²) in [6.45, 7) is 8.91. The molecular formula is C18H23N. The maximum absolute atomic E-state index is 6.08. The normalized spacial score (nSPS) is 11.3. The van der Waals surface area contributed by atoms with Crippen LogP contribution in [0.15, 0.2) is 42.5 Å². The zero-order valence-corrected chi connectivity index (χ0v) is 12.3. The van der Waals surface area contributed by atoms with Crippen molar-refractivity contribution in [2.75, 3.05) is 5.73 Å². The van der Waals surface area contributed by atoms with Gasteiger partial charge in [-0.05, 0) is 46.2 Å².